The van der Waals surface area contributed by atoms with E-state index in [-0.39, 0.29) is 0 Å². The molecule has 1 unspecified atom stereocenters. The molecule has 0 saturated carbocycles. The van der Waals surface area contributed by atoms with Crippen LogP contribution in [0.15, 0.2) is 52.7 Å². The van der Waals surface area contributed by atoms with Gasteiger partial charge in [-0.15, -0.1) is 0 Å². The maximum Gasteiger partial charge on any atom is 0.0408 e. The van der Waals surface area contributed by atoms with Crippen molar-refractivity contribution in [1.82, 2.24) is 0 Å². The van der Waals surface area contributed by atoms with Gasteiger partial charge in [0.1, 0.15) is 0 Å². The first-order valence-electron chi connectivity index (χ1n) is 6.23. The molecule has 1 fully saturated rings. The number of anilines is 1. The Labute approximate surface area is 111 Å². The van der Waals surface area contributed by atoms with Crippen molar-refractivity contribution in [3.8, 4) is 0 Å². The van der Waals surface area contributed by atoms with Crippen LogP contribution in [-0.4, -0.2) is 6.54 Å². The van der Waals surface area contributed by atoms with E-state index in [1.165, 1.54) is 28.7 Å². The normalized spacial score (nSPS) is 23.8. The van der Waals surface area contributed by atoms with E-state index in [0.717, 1.165) is 13.0 Å². The van der Waals surface area contributed by atoms with E-state index < -0.39 is 0 Å². The second kappa shape index (κ2) is 4.69. The third kappa shape index (κ3) is 2.19. The molecule has 2 aliphatic rings. The molecule has 0 bridgehead atoms. The average molecular weight is 290 g/mol. The summed E-state index contributed by atoms with van der Waals surface area (Å²) in [6.07, 6.45) is 8.25. The summed E-state index contributed by atoms with van der Waals surface area (Å²) in [5.41, 5.74) is 2.82. The fourth-order valence-electron chi connectivity index (χ4n) is 2.79. The fourth-order valence-corrected chi connectivity index (χ4v) is 3.31. The Kier molecular flexibility index (Phi) is 3.06. The number of nitrogens with zero attached hydrogens (tertiary/aromatic N) is 1. The molecule has 1 aliphatic heterocycles. The first-order chi connectivity index (χ1) is 8.34. The maximum atomic E-state index is 3.62. The number of hydrogen-bond acceptors (Lipinski definition) is 1. The number of halogens is 1. The van der Waals surface area contributed by atoms with Crippen LogP contribution in [0, 0.1) is 5.92 Å². The Morgan fingerprint density at radius 3 is 2.76 bits per heavy atom. The second-order valence-corrected chi connectivity index (χ2v) is 5.75. The molecule has 17 heavy (non-hydrogen) atoms. The van der Waals surface area contributed by atoms with Gasteiger partial charge in [0, 0.05) is 23.8 Å². The largest absolute Gasteiger partial charge is 0.345 e. The minimum absolute atomic E-state index is 0.698. The Morgan fingerprint density at radius 1 is 1.12 bits per heavy atom. The molecule has 2 heteroatoms. The van der Waals surface area contributed by atoms with Crippen molar-refractivity contribution in [1.29, 1.82) is 0 Å². The summed E-state index contributed by atoms with van der Waals surface area (Å²) in [7, 11) is 0. The summed E-state index contributed by atoms with van der Waals surface area (Å²) >= 11 is 3.62. The highest BCUT2D eigenvalue weighted by Crippen LogP contribution is 2.38. The van der Waals surface area contributed by atoms with Crippen molar-refractivity contribution >= 4 is 21.6 Å². The zero-order valence-corrected chi connectivity index (χ0v) is 11.4. The Hall–Kier alpha value is -1.02. The van der Waals surface area contributed by atoms with Crippen LogP contribution in [0.3, 0.4) is 0 Å². The van der Waals surface area contributed by atoms with Crippen molar-refractivity contribution in [2.75, 3.05) is 11.4 Å². The molecule has 0 radical (unpaired) electrons. The average Bonchev–Trinajstić information content (AvgIpc) is 2.39. The van der Waals surface area contributed by atoms with Gasteiger partial charge in [0.25, 0.3) is 0 Å². The zero-order valence-electron chi connectivity index (χ0n) is 9.77. The van der Waals surface area contributed by atoms with Gasteiger partial charge in [0.05, 0.1) is 0 Å². The van der Waals surface area contributed by atoms with Gasteiger partial charge >= 0.3 is 0 Å². The van der Waals surface area contributed by atoms with Crippen molar-refractivity contribution in [3.05, 3.63) is 52.7 Å². The molecule has 1 nitrogen and oxygen atoms in total. The van der Waals surface area contributed by atoms with Crippen LogP contribution >= 0.6 is 15.9 Å². The van der Waals surface area contributed by atoms with E-state index >= 15 is 0 Å². The standard InChI is InChI=1S/C15H16BrN/c16-13-8-9-15-12(11-13)5-4-10-17(15)14-6-2-1-3-7-14/h1-3,6-9,12H,4-5,10-11H2. The highest BCUT2D eigenvalue weighted by atomic mass is 79.9. The van der Waals surface area contributed by atoms with E-state index in [4.69, 9.17) is 0 Å². The van der Waals surface area contributed by atoms with E-state index in [1.807, 2.05) is 0 Å². The molecule has 0 amide bonds. The number of piperidine rings is 1. The van der Waals surface area contributed by atoms with E-state index in [0.29, 0.717) is 5.92 Å². The lowest BCUT2D eigenvalue weighted by Gasteiger charge is -2.38. The smallest absolute Gasteiger partial charge is 0.0408 e. The summed E-state index contributed by atoms with van der Waals surface area (Å²) in [5, 5.41) is 0. The van der Waals surface area contributed by atoms with Crippen LogP contribution in [0.25, 0.3) is 0 Å². The number of hydrogen-bond donors (Lipinski definition) is 0. The van der Waals surface area contributed by atoms with Crippen molar-refractivity contribution in [3.63, 3.8) is 0 Å². The fraction of sp³-hybridized carbons (Fsp3) is 0.333. The topological polar surface area (TPSA) is 3.24 Å². The Bertz CT molecular complexity index is 461. The SMILES string of the molecule is BrC1=CC=C2C(CCCN2c2ccccc2)C1. The monoisotopic (exact) mass is 289 g/mol. The molecule has 0 spiro atoms. The van der Waals surface area contributed by atoms with Gasteiger partial charge in [-0.2, -0.15) is 0 Å². The number of fused-ring (bicyclic) bond motifs is 1. The first kappa shape index (κ1) is 11.1. The lowest BCUT2D eigenvalue weighted by atomic mass is 9.87. The predicted molar refractivity (Wildman–Crippen MR) is 76.2 cm³/mol. The number of benzene rings is 1. The molecular formula is C15H16BrN. The van der Waals surface area contributed by atoms with Gasteiger partial charge in [-0.05, 0) is 42.0 Å². The van der Waals surface area contributed by atoms with Crippen LogP contribution in [0.2, 0.25) is 0 Å². The van der Waals surface area contributed by atoms with Gasteiger partial charge in [-0.1, -0.05) is 40.2 Å². The maximum absolute atomic E-state index is 3.62. The molecule has 0 aromatic heterocycles. The molecule has 1 aliphatic carbocycles. The summed E-state index contributed by atoms with van der Waals surface area (Å²) in [4.78, 5) is 2.48. The molecule has 1 saturated heterocycles. The minimum Gasteiger partial charge on any atom is -0.345 e. The molecule has 1 atom stereocenters. The molecule has 1 aromatic rings. The van der Waals surface area contributed by atoms with Crippen LogP contribution in [0.1, 0.15) is 19.3 Å². The third-order valence-corrected chi connectivity index (χ3v) is 4.20. The molecule has 1 heterocycles. The second-order valence-electron chi connectivity index (χ2n) is 4.74. The van der Waals surface area contributed by atoms with E-state index in [1.54, 1.807) is 0 Å². The third-order valence-electron chi connectivity index (χ3n) is 3.61. The van der Waals surface area contributed by atoms with Gasteiger partial charge in [-0.3, -0.25) is 0 Å². The van der Waals surface area contributed by atoms with Gasteiger partial charge in [0.15, 0.2) is 0 Å². The quantitative estimate of drug-likeness (QED) is 0.737. The lowest BCUT2D eigenvalue weighted by Crippen LogP contribution is -2.34. The van der Waals surface area contributed by atoms with Crippen molar-refractivity contribution in [2.24, 2.45) is 5.92 Å². The summed E-state index contributed by atoms with van der Waals surface area (Å²) in [5.74, 6) is 0.698. The van der Waals surface area contributed by atoms with E-state index in [2.05, 4.69) is 63.3 Å². The molecule has 0 N–H and O–H groups in total. The van der Waals surface area contributed by atoms with E-state index in [9.17, 15) is 0 Å². The molecular weight excluding hydrogens is 274 g/mol. The van der Waals surface area contributed by atoms with Gasteiger partial charge in [0.2, 0.25) is 0 Å². The van der Waals surface area contributed by atoms with Crippen molar-refractivity contribution < 1.29 is 0 Å². The number of para-hydroxylation sites is 1. The first-order valence-corrected chi connectivity index (χ1v) is 7.03. The summed E-state index contributed by atoms with van der Waals surface area (Å²) in [6, 6.07) is 10.7. The molecule has 88 valence electrons. The Balaban J connectivity index is 1.95. The summed E-state index contributed by atoms with van der Waals surface area (Å²) < 4.78 is 1.33. The molecule has 1 aromatic carbocycles. The lowest BCUT2D eigenvalue weighted by molar-refractivity contribution is 0.474. The minimum atomic E-state index is 0.698. The summed E-state index contributed by atoms with van der Waals surface area (Å²) in [6.45, 7) is 1.15. The highest BCUT2D eigenvalue weighted by Gasteiger charge is 2.27. The van der Waals surface area contributed by atoms with Crippen LogP contribution < -0.4 is 4.90 Å². The van der Waals surface area contributed by atoms with Crippen LogP contribution in [0.4, 0.5) is 5.69 Å². The zero-order chi connectivity index (χ0) is 11.7. The number of allylic oxidation sites excluding steroid dienone is 4. The Morgan fingerprint density at radius 2 is 1.94 bits per heavy atom. The molecule has 3 rings (SSSR count). The number of rotatable bonds is 1. The van der Waals surface area contributed by atoms with Crippen molar-refractivity contribution in [2.45, 2.75) is 19.3 Å². The predicted octanol–water partition coefficient (Wildman–Crippen LogP) is 4.47. The van der Waals surface area contributed by atoms with Gasteiger partial charge in [-0.25, -0.2) is 0 Å². The highest BCUT2D eigenvalue weighted by molar-refractivity contribution is 9.11. The van der Waals surface area contributed by atoms with Gasteiger partial charge < -0.3 is 4.90 Å². The van der Waals surface area contributed by atoms with Crippen LogP contribution in [0.5, 0.6) is 0 Å². The van der Waals surface area contributed by atoms with Crippen LogP contribution in [-0.2, 0) is 0 Å².